The van der Waals surface area contributed by atoms with Crippen LogP contribution in [-0.2, 0) is 10.2 Å². The quantitative estimate of drug-likeness (QED) is 0.890. The molecule has 1 aliphatic heterocycles. The molecule has 4 heteroatoms. The van der Waals surface area contributed by atoms with Gasteiger partial charge in [0, 0.05) is 30.5 Å². The minimum atomic E-state index is -0.00842. The zero-order chi connectivity index (χ0) is 18.7. The Morgan fingerprint density at radius 2 is 1.88 bits per heavy atom. The summed E-state index contributed by atoms with van der Waals surface area (Å²) >= 11 is 0. The predicted molar refractivity (Wildman–Crippen MR) is 108 cm³/mol. The van der Waals surface area contributed by atoms with Crippen LogP contribution in [0.25, 0.3) is 0 Å². The molecule has 136 valence electrons. The number of carbonyl (C=O) groups excluding carboxylic acids is 1. The van der Waals surface area contributed by atoms with Crippen molar-refractivity contribution < 1.29 is 4.79 Å². The Bertz CT molecular complexity index is 816. The SMILES string of the molecule is Cc1cccnc1N1CC=C(C(=O)Nc2ccc(C(C)(C)C)cc2)CC1. The van der Waals surface area contributed by atoms with Gasteiger partial charge in [-0.3, -0.25) is 4.79 Å². The number of anilines is 2. The van der Waals surface area contributed by atoms with E-state index in [-0.39, 0.29) is 11.3 Å². The van der Waals surface area contributed by atoms with Gasteiger partial charge < -0.3 is 10.2 Å². The second-order valence-electron chi connectivity index (χ2n) is 7.85. The van der Waals surface area contributed by atoms with Crippen molar-refractivity contribution in [3.63, 3.8) is 0 Å². The van der Waals surface area contributed by atoms with Crippen LogP contribution in [0.2, 0.25) is 0 Å². The smallest absolute Gasteiger partial charge is 0.251 e. The molecular weight excluding hydrogens is 322 g/mol. The molecule has 0 atom stereocenters. The lowest BCUT2D eigenvalue weighted by atomic mass is 9.87. The maximum atomic E-state index is 12.5. The highest BCUT2D eigenvalue weighted by atomic mass is 16.1. The summed E-state index contributed by atoms with van der Waals surface area (Å²) in [4.78, 5) is 19.2. The minimum Gasteiger partial charge on any atom is -0.352 e. The molecule has 1 amide bonds. The number of benzene rings is 1. The van der Waals surface area contributed by atoms with Gasteiger partial charge in [-0.25, -0.2) is 4.98 Å². The molecule has 0 saturated carbocycles. The summed E-state index contributed by atoms with van der Waals surface area (Å²) in [7, 11) is 0. The fraction of sp³-hybridized carbons (Fsp3) is 0.364. The van der Waals surface area contributed by atoms with Crippen LogP contribution in [0, 0.1) is 6.92 Å². The first kappa shape index (κ1) is 18.2. The van der Waals surface area contributed by atoms with Gasteiger partial charge in [-0.05, 0) is 48.1 Å². The lowest BCUT2D eigenvalue weighted by Gasteiger charge is -2.28. The van der Waals surface area contributed by atoms with Crippen LogP contribution >= 0.6 is 0 Å². The van der Waals surface area contributed by atoms with Crippen molar-refractivity contribution in [2.24, 2.45) is 0 Å². The molecule has 0 unspecified atom stereocenters. The molecule has 3 rings (SSSR count). The molecule has 4 nitrogen and oxygen atoms in total. The van der Waals surface area contributed by atoms with Crippen LogP contribution < -0.4 is 10.2 Å². The third kappa shape index (κ3) is 4.13. The molecule has 1 N–H and O–H groups in total. The summed E-state index contributed by atoms with van der Waals surface area (Å²) in [5.74, 6) is 0.992. The maximum Gasteiger partial charge on any atom is 0.251 e. The van der Waals surface area contributed by atoms with E-state index in [4.69, 9.17) is 0 Å². The molecule has 0 aliphatic carbocycles. The Kier molecular flexibility index (Phi) is 5.12. The van der Waals surface area contributed by atoms with Gasteiger partial charge in [0.05, 0.1) is 0 Å². The summed E-state index contributed by atoms with van der Waals surface area (Å²) in [6, 6.07) is 12.1. The Labute approximate surface area is 155 Å². The van der Waals surface area contributed by atoms with E-state index in [1.54, 1.807) is 0 Å². The highest BCUT2D eigenvalue weighted by molar-refractivity contribution is 6.04. The number of rotatable bonds is 3. The number of aromatic nitrogens is 1. The fourth-order valence-electron chi connectivity index (χ4n) is 3.14. The lowest BCUT2D eigenvalue weighted by molar-refractivity contribution is -0.113. The van der Waals surface area contributed by atoms with Crippen LogP contribution in [0.15, 0.2) is 54.2 Å². The zero-order valence-corrected chi connectivity index (χ0v) is 16.0. The molecule has 26 heavy (non-hydrogen) atoms. The topological polar surface area (TPSA) is 45.2 Å². The predicted octanol–water partition coefficient (Wildman–Crippen LogP) is 4.46. The number of carbonyl (C=O) groups is 1. The van der Waals surface area contributed by atoms with E-state index in [1.807, 2.05) is 30.5 Å². The van der Waals surface area contributed by atoms with Gasteiger partial charge in [-0.1, -0.05) is 45.0 Å². The normalized spacial score (nSPS) is 14.8. The van der Waals surface area contributed by atoms with Crippen molar-refractivity contribution in [2.45, 2.75) is 39.5 Å². The molecule has 0 saturated heterocycles. The number of aryl methyl sites for hydroxylation is 1. The number of amides is 1. The second-order valence-corrected chi connectivity index (χ2v) is 7.85. The van der Waals surface area contributed by atoms with E-state index in [0.29, 0.717) is 6.54 Å². The number of nitrogens with one attached hydrogen (secondary N) is 1. The number of nitrogens with zero attached hydrogens (tertiary/aromatic N) is 2. The van der Waals surface area contributed by atoms with Gasteiger partial charge in [-0.2, -0.15) is 0 Å². The van der Waals surface area contributed by atoms with Crippen molar-refractivity contribution in [1.29, 1.82) is 0 Å². The summed E-state index contributed by atoms with van der Waals surface area (Å²) in [6.45, 7) is 10.1. The van der Waals surface area contributed by atoms with Crippen LogP contribution in [0.1, 0.15) is 38.3 Å². The number of pyridine rings is 1. The van der Waals surface area contributed by atoms with E-state index in [9.17, 15) is 4.79 Å². The highest BCUT2D eigenvalue weighted by Crippen LogP contribution is 2.24. The van der Waals surface area contributed by atoms with Crippen molar-refractivity contribution in [1.82, 2.24) is 4.98 Å². The van der Waals surface area contributed by atoms with Crippen LogP contribution in [0.4, 0.5) is 11.5 Å². The van der Waals surface area contributed by atoms with Gasteiger partial charge in [0.25, 0.3) is 5.91 Å². The standard InChI is InChI=1S/C22H27N3O/c1-16-6-5-13-23-20(16)25-14-11-17(12-15-25)21(26)24-19-9-7-18(8-10-19)22(2,3)4/h5-11,13H,12,14-15H2,1-4H3,(H,24,26). The van der Waals surface area contributed by atoms with Gasteiger partial charge in [0.1, 0.15) is 5.82 Å². The van der Waals surface area contributed by atoms with Crippen molar-refractivity contribution in [3.8, 4) is 0 Å². The van der Waals surface area contributed by atoms with Gasteiger partial charge in [-0.15, -0.1) is 0 Å². The summed E-state index contributed by atoms with van der Waals surface area (Å²) < 4.78 is 0. The molecule has 0 fully saturated rings. The van der Waals surface area contributed by atoms with Gasteiger partial charge >= 0.3 is 0 Å². The first-order valence-corrected chi connectivity index (χ1v) is 9.12. The zero-order valence-electron chi connectivity index (χ0n) is 16.0. The van der Waals surface area contributed by atoms with Crippen molar-refractivity contribution >= 4 is 17.4 Å². The summed E-state index contributed by atoms with van der Waals surface area (Å²) in [6.07, 6.45) is 4.55. The van der Waals surface area contributed by atoms with E-state index in [1.165, 1.54) is 5.56 Å². The molecule has 2 heterocycles. The Morgan fingerprint density at radius 3 is 2.46 bits per heavy atom. The minimum absolute atomic E-state index is 0.00842. The molecule has 1 aliphatic rings. The number of hydrogen-bond donors (Lipinski definition) is 1. The highest BCUT2D eigenvalue weighted by Gasteiger charge is 2.19. The Hall–Kier alpha value is -2.62. The average Bonchev–Trinajstić information content (AvgIpc) is 2.62. The first-order valence-electron chi connectivity index (χ1n) is 9.12. The van der Waals surface area contributed by atoms with Crippen LogP contribution in [0.5, 0.6) is 0 Å². The van der Waals surface area contributed by atoms with Crippen molar-refractivity contribution in [2.75, 3.05) is 23.3 Å². The molecule has 1 aromatic heterocycles. The molecule has 1 aromatic carbocycles. The number of hydrogen-bond acceptors (Lipinski definition) is 3. The van der Waals surface area contributed by atoms with E-state index >= 15 is 0 Å². The van der Waals surface area contributed by atoms with E-state index < -0.39 is 0 Å². The largest absolute Gasteiger partial charge is 0.352 e. The fourth-order valence-corrected chi connectivity index (χ4v) is 3.14. The third-order valence-corrected chi connectivity index (χ3v) is 4.79. The van der Waals surface area contributed by atoms with Crippen LogP contribution in [-0.4, -0.2) is 24.0 Å². The van der Waals surface area contributed by atoms with E-state index in [2.05, 4.69) is 61.1 Å². The second kappa shape index (κ2) is 7.32. The maximum absolute atomic E-state index is 12.5. The Balaban J connectivity index is 1.63. The summed E-state index contributed by atoms with van der Waals surface area (Å²) in [5, 5.41) is 3.01. The van der Waals surface area contributed by atoms with E-state index in [0.717, 1.165) is 35.6 Å². The molecule has 2 aromatic rings. The monoisotopic (exact) mass is 349 g/mol. The first-order chi connectivity index (χ1) is 12.3. The third-order valence-electron chi connectivity index (χ3n) is 4.79. The lowest BCUT2D eigenvalue weighted by Crippen LogP contribution is -2.32. The molecular formula is C22H27N3O. The summed E-state index contributed by atoms with van der Waals surface area (Å²) in [5.41, 5.74) is 4.21. The molecule has 0 radical (unpaired) electrons. The molecule has 0 spiro atoms. The van der Waals surface area contributed by atoms with Gasteiger partial charge in [0.2, 0.25) is 0 Å². The van der Waals surface area contributed by atoms with Crippen LogP contribution in [0.3, 0.4) is 0 Å². The average molecular weight is 349 g/mol. The molecule has 0 bridgehead atoms. The van der Waals surface area contributed by atoms with Gasteiger partial charge in [0.15, 0.2) is 0 Å². The Morgan fingerprint density at radius 1 is 1.15 bits per heavy atom. The van der Waals surface area contributed by atoms with Crippen molar-refractivity contribution in [3.05, 3.63) is 65.4 Å².